The molecule has 2 rings (SSSR count). The van der Waals surface area contributed by atoms with Crippen molar-refractivity contribution in [1.82, 2.24) is 9.62 Å². The van der Waals surface area contributed by atoms with Gasteiger partial charge in [-0.15, -0.1) is 6.58 Å². The van der Waals surface area contributed by atoms with Gasteiger partial charge in [-0.3, -0.25) is 4.79 Å². The highest BCUT2D eigenvalue weighted by Gasteiger charge is 2.18. The largest absolute Gasteiger partial charge is 0.383 e. The fourth-order valence-electron chi connectivity index (χ4n) is 2.50. The van der Waals surface area contributed by atoms with Gasteiger partial charge in [-0.25, -0.2) is 13.1 Å². The van der Waals surface area contributed by atoms with Gasteiger partial charge in [-0.05, 0) is 29.8 Å². The summed E-state index contributed by atoms with van der Waals surface area (Å²) in [5.41, 5.74) is 1.43. The van der Waals surface area contributed by atoms with Crippen molar-refractivity contribution in [3.8, 4) is 0 Å². The average molecular weight is 388 g/mol. The highest BCUT2D eigenvalue weighted by molar-refractivity contribution is 7.89. The van der Waals surface area contributed by atoms with Crippen molar-refractivity contribution in [2.45, 2.75) is 11.4 Å². The van der Waals surface area contributed by atoms with E-state index in [2.05, 4.69) is 11.3 Å². The van der Waals surface area contributed by atoms with E-state index in [0.717, 1.165) is 5.56 Å². The number of amides is 1. The summed E-state index contributed by atoms with van der Waals surface area (Å²) in [4.78, 5) is 14.6. The Kier molecular flexibility index (Phi) is 7.72. The molecule has 0 heterocycles. The maximum absolute atomic E-state index is 12.8. The number of nitrogens with one attached hydrogen (secondary N) is 1. The molecule has 7 heteroatoms. The number of methoxy groups -OCH3 is 1. The van der Waals surface area contributed by atoms with Crippen LogP contribution in [0.4, 0.5) is 0 Å². The molecule has 0 bridgehead atoms. The van der Waals surface area contributed by atoms with E-state index in [1.165, 1.54) is 31.4 Å². The predicted octanol–water partition coefficient (Wildman–Crippen LogP) is 2.44. The maximum atomic E-state index is 12.8. The highest BCUT2D eigenvalue weighted by Crippen LogP contribution is 2.14. The number of hydrogen-bond acceptors (Lipinski definition) is 4. The number of carbonyl (C=O) groups is 1. The minimum Gasteiger partial charge on any atom is -0.383 e. The van der Waals surface area contributed by atoms with Crippen molar-refractivity contribution in [2.75, 3.05) is 26.8 Å². The third kappa shape index (κ3) is 6.02. The number of nitrogens with zero attached hydrogens (tertiary/aromatic N) is 1. The first-order chi connectivity index (χ1) is 13.0. The number of hydrogen-bond donors (Lipinski definition) is 1. The second kappa shape index (κ2) is 10.0. The van der Waals surface area contributed by atoms with Crippen LogP contribution >= 0.6 is 0 Å². The molecule has 2 aromatic carbocycles. The molecule has 0 unspecified atom stereocenters. The molecule has 0 saturated carbocycles. The number of benzene rings is 2. The molecule has 1 amide bonds. The third-order valence-corrected chi connectivity index (χ3v) is 5.34. The summed E-state index contributed by atoms with van der Waals surface area (Å²) in [6, 6.07) is 15.6. The lowest BCUT2D eigenvalue weighted by Crippen LogP contribution is -2.31. The number of carbonyl (C=O) groups excluding carboxylic acids is 1. The minimum atomic E-state index is -3.63. The normalized spacial score (nSPS) is 11.1. The summed E-state index contributed by atoms with van der Waals surface area (Å²) in [5, 5.41) is 0. The first-order valence-corrected chi connectivity index (χ1v) is 9.99. The Hall–Kier alpha value is -2.48. The Morgan fingerprint density at radius 1 is 1.15 bits per heavy atom. The SMILES string of the molecule is C=CCN(Cc1ccccc1)C(=O)c1ccc(S(=O)(=O)NCCOC)cc1. The standard InChI is InChI=1S/C20H24N2O4S/c1-3-14-22(16-17-7-5-4-6-8-17)20(23)18-9-11-19(12-10-18)27(24,25)21-13-15-26-2/h3-12,21H,1,13-16H2,2H3. The molecule has 0 radical (unpaired) electrons. The summed E-state index contributed by atoms with van der Waals surface area (Å²) >= 11 is 0. The van der Waals surface area contributed by atoms with Gasteiger partial charge in [0.2, 0.25) is 10.0 Å². The lowest BCUT2D eigenvalue weighted by atomic mass is 10.1. The van der Waals surface area contributed by atoms with Crippen molar-refractivity contribution < 1.29 is 17.9 Å². The van der Waals surface area contributed by atoms with E-state index in [-0.39, 0.29) is 24.0 Å². The van der Waals surface area contributed by atoms with E-state index in [1.54, 1.807) is 11.0 Å². The van der Waals surface area contributed by atoms with Crippen LogP contribution in [0.15, 0.2) is 72.1 Å². The molecule has 144 valence electrons. The van der Waals surface area contributed by atoms with Crippen molar-refractivity contribution in [3.05, 3.63) is 78.4 Å². The molecule has 0 aliphatic rings. The van der Waals surface area contributed by atoms with Gasteiger partial charge in [-0.2, -0.15) is 0 Å². The van der Waals surface area contributed by atoms with Gasteiger partial charge >= 0.3 is 0 Å². The fourth-order valence-corrected chi connectivity index (χ4v) is 3.51. The van der Waals surface area contributed by atoms with Crippen molar-refractivity contribution in [2.24, 2.45) is 0 Å². The fraction of sp³-hybridized carbons (Fsp3) is 0.250. The summed E-state index contributed by atoms with van der Waals surface area (Å²) < 4.78 is 31.7. The van der Waals surface area contributed by atoms with E-state index in [0.29, 0.717) is 18.7 Å². The number of sulfonamides is 1. The van der Waals surface area contributed by atoms with Crippen molar-refractivity contribution in [1.29, 1.82) is 0 Å². The Bertz CT molecular complexity index is 849. The van der Waals surface area contributed by atoms with Crippen LogP contribution in [0.1, 0.15) is 15.9 Å². The number of ether oxygens (including phenoxy) is 1. The molecule has 0 saturated heterocycles. The van der Waals surface area contributed by atoms with Crippen LogP contribution < -0.4 is 4.72 Å². The van der Waals surface area contributed by atoms with Crippen LogP contribution in [0.2, 0.25) is 0 Å². The summed E-state index contributed by atoms with van der Waals surface area (Å²) in [5.74, 6) is -0.185. The Morgan fingerprint density at radius 3 is 2.41 bits per heavy atom. The smallest absolute Gasteiger partial charge is 0.254 e. The average Bonchev–Trinajstić information content (AvgIpc) is 2.68. The molecule has 0 aliphatic heterocycles. The molecular formula is C20H24N2O4S. The van der Waals surface area contributed by atoms with Crippen LogP contribution in [-0.4, -0.2) is 46.0 Å². The molecule has 0 spiro atoms. The van der Waals surface area contributed by atoms with Gasteiger partial charge < -0.3 is 9.64 Å². The van der Waals surface area contributed by atoms with Gasteiger partial charge in [0, 0.05) is 32.3 Å². The Morgan fingerprint density at radius 2 is 1.81 bits per heavy atom. The van der Waals surface area contributed by atoms with E-state index in [1.807, 2.05) is 30.3 Å². The van der Waals surface area contributed by atoms with Crippen LogP contribution in [-0.2, 0) is 21.3 Å². The summed E-state index contributed by atoms with van der Waals surface area (Å²) in [7, 11) is -2.13. The molecule has 27 heavy (non-hydrogen) atoms. The topological polar surface area (TPSA) is 75.7 Å². The van der Waals surface area contributed by atoms with Crippen LogP contribution in [0.25, 0.3) is 0 Å². The zero-order valence-electron chi connectivity index (χ0n) is 15.3. The van der Waals surface area contributed by atoms with Gasteiger partial charge in [0.15, 0.2) is 0 Å². The first-order valence-electron chi connectivity index (χ1n) is 8.50. The molecule has 0 atom stereocenters. The molecule has 2 aromatic rings. The summed E-state index contributed by atoms with van der Waals surface area (Å²) in [6.45, 7) is 5.02. The second-order valence-corrected chi connectivity index (χ2v) is 7.64. The molecule has 1 N–H and O–H groups in total. The first kappa shape index (κ1) is 20.8. The zero-order valence-corrected chi connectivity index (χ0v) is 16.1. The molecule has 0 fully saturated rings. The monoisotopic (exact) mass is 388 g/mol. The second-order valence-electron chi connectivity index (χ2n) is 5.87. The number of rotatable bonds is 10. The molecule has 6 nitrogen and oxygen atoms in total. The van der Waals surface area contributed by atoms with Crippen LogP contribution in [0.3, 0.4) is 0 Å². The molecule has 0 aliphatic carbocycles. The van der Waals surface area contributed by atoms with Gasteiger partial charge in [0.05, 0.1) is 11.5 Å². The van der Waals surface area contributed by atoms with E-state index in [9.17, 15) is 13.2 Å². The van der Waals surface area contributed by atoms with Gasteiger partial charge in [0.1, 0.15) is 0 Å². The van der Waals surface area contributed by atoms with Crippen LogP contribution in [0.5, 0.6) is 0 Å². The quantitative estimate of drug-likeness (QED) is 0.501. The van der Waals surface area contributed by atoms with E-state index < -0.39 is 10.0 Å². The minimum absolute atomic E-state index is 0.105. The van der Waals surface area contributed by atoms with E-state index in [4.69, 9.17) is 4.74 Å². The predicted molar refractivity (Wildman–Crippen MR) is 105 cm³/mol. The zero-order chi connectivity index (χ0) is 19.7. The molecule has 0 aromatic heterocycles. The lowest BCUT2D eigenvalue weighted by Gasteiger charge is -2.21. The lowest BCUT2D eigenvalue weighted by molar-refractivity contribution is 0.0762. The van der Waals surface area contributed by atoms with Gasteiger partial charge in [0.25, 0.3) is 5.91 Å². The third-order valence-electron chi connectivity index (χ3n) is 3.86. The summed E-state index contributed by atoms with van der Waals surface area (Å²) in [6.07, 6.45) is 1.67. The Labute approximate surface area is 160 Å². The van der Waals surface area contributed by atoms with Gasteiger partial charge in [-0.1, -0.05) is 36.4 Å². The van der Waals surface area contributed by atoms with Crippen molar-refractivity contribution >= 4 is 15.9 Å². The highest BCUT2D eigenvalue weighted by atomic mass is 32.2. The van der Waals surface area contributed by atoms with E-state index >= 15 is 0 Å². The Balaban J connectivity index is 2.13. The molecular weight excluding hydrogens is 364 g/mol. The van der Waals surface area contributed by atoms with Crippen LogP contribution in [0, 0.1) is 0 Å². The van der Waals surface area contributed by atoms with Crippen molar-refractivity contribution in [3.63, 3.8) is 0 Å². The maximum Gasteiger partial charge on any atom is 0.254 e.